The van der Waals surface area contributed by atoms with Gasteiger partial charge in [0.05, 0.1) is 0 Å². The number of rotatable bonds is 8. The SMILES string of the molecule is CCCNC(CCC)c1cccc(OC(F)F)c1. The molecule has 1 atom stereocenters. The van der Waals surface area contributed by atoms with Gasteiger partial charge in [0.25, 0.3) is 0 Å². The number of halogens is 2. The quantitative estimate of drug-likeness (QED) is 0.756. The maximum Gasteiger partial charge on any atom is 0.387 e. The third-order valence-electron chi connectivity index (χ3n) is 2.70. The van der Waals surface area contributed by atoms with E-state index in [1.807, 2.05) is 6.07 Å². The van der Waals surface area contributed by atoms with E-state index in [1.165, 1.54) is 0 Å². The average molecular weight is 257 g/mol. The summed E-state index contributed by atoms with van der Waals surface area (Å²) in [5.74, 6) is 0.224. The van der Waals surface area contributed by atoms with Crippen molar-refractivity contribution in [3.8, 4) is 5.75 Å². The van der Waals surface area contributed by atoms with E-state index in [0.29, 0.717) is 0 Å². The van der Waals surface area contributed by atoms with Gasteiger partial charge in [0.2, 0.25) is 0 Å². The van der Waals surface area contributed by atoms with Crippen LogP contribution in [0.25, 0.3) is 0 Å². The van der Waals surface area contributed by atoms with Crippen molar-refractivity contribution >= 4 is 0 Å². The highest BCUT2D eigenvalue weighted by atomic mass is 19.3. The fraction of sp³-hybridized carbons (Fsp3) is 0.571. The molecule has 1 N–H and O–H groups in total. The van der Waals surface area contributed by atoms with Gasteiger partial charge in [-0.15, -0.1) is 0 Å². The Kier molecular flexibility index (Phi) is 6.65. The van der Waals surface area contributed by atoms with Crippen molar-refractivity contribution in [1.29, 1.82) is 0 Å². The molecule has 0 aromatic heterocycles. The zero-order valence-electron chi connectivity index (χ0n) is 11.0. The number of benzene rings is 1. The number of hydrogen-bond donors (Lipinski definition) is 1. The van der Waals surface area contributed by atoms with Crippen LogP contribution in [0, 0.1) is 0 Å². The fourth-order valence-electron chi connectivity index (χ4n) is 1.90. The number of ether oxygens (including phenoxy) is 1. The Balaban J connectivity index is 2.76. The van der Waals surface area contributed by atoms with Crippen molar-refractivity contribution in [2.75, 3.05) is 6.54 Å². The molecule has 0 fully saturated rings. The maximum atomic E-state index is 12.2. The van der Waals surface area contributed by atoms with Crippen molar-refractivity contribution in [3.05, 3.63) is 29.8 Å². The van der Waals surface area contributed by atoms with Crippen LogP contribution in [0.1, 0.15) is 44.7 Å². The summed E-state index contributed by atoms with van der Waals surface area (Å²) in [4.78, 5) is 0. The molecule has 0 spiro atoms. The van der Waals surface area contributed by atoms with Crippen molar-refractivity contribution in [2.45, 2.75) is 45.8 Å². The van der Waals surface area contributed by atoms with Crippen molar-refractivity contribution in [1.82, 2.24) is 5.32 Å². The highest BCUT2D eigenvalue weighted by Gasteiger charge is 2.11. The first kappa shape index (κ1) is 14.9. The Bertz CT molecular complexity index is 344. The summed E-state index contributed by atoms with van der Waals surface area (Å²) in [5, 5.41) is 3.42. The molecule has 0 bridgehead atoms. The van der Waals surface area contributed by atoms with Crippen LogP contribution in [0.3, 0.4) is 0 Å². The molecule has 2 nitrogen and oxygen atoms in total. The molecule has 0 heterocycles. The van der Waals surface area contributed by atoms with Gasteiger partial charge in [0, 0.05) is 6.04 Å². The minimum atomic E-state index is -2.77. The zero-order valence-corrected chi connectivity index (χ0v) is 11.0. The molecule has 0 amide bonds. The minimum Gasteiger partial charge on any atom is -0.435 e. The maximum absolute atomic E-state index is 12.2. The molecule has 18 heavy (non-hydrogen) atoms. The predicted octanol–water partition coefficient (Wildman–Crippen LogP) is 4.13. The lowest BCUT2D eigenvalue weighted by atomic mass is 10.0. The molecule has 102 valence electrons. The second kappa shape index (κ2) is 8.03. The van der Waals surface area contributed by atoms with Crippen molar-refractivity contribution < 1.29 is 13.5 Å². The lowest BCUT2D eigenvalue weighted by molar-refractivity contribution is -0.0499. The lowest BCUT2D eigenvalue weighted by Crippen LogP contribution is -2.22. The first-order valence-electron chi connectivity index (χ1n) is 6.45. The van der Waals surface area contributed by atoms with Crippen molar-refractivity contribution in [2.24, 2.45) is 0 Å². The molecule has 1 rings (SSSR count). The van der Waals surface area contributed by atoms with Crippen LogP contribution in [-0.2, 0) is 0 Å². The van der Waals surface area contributed by atoms with Crippen LogP contribution in [0.5, 0.6) is 5.75 Å². The zero-order chi connectivity index (χ0) is 13.4. The Hall–Kier alpha value is -1.16. The summed E-state index contributed by atoms with van der Waals surface area (Å²) in [5.41, 5.74) is 1.00. The molecular weight excluding hydrogens is 236 g/mol. The van der Waals surface area contributed by atoms with Gasteiger partial charge in [-0.3, -0.25) is 0 Å². The molecule has 1 unspecified atom stereocenters. The summed E-state index contributed by atoms with van der Waals surface area (Å²) >= 11 is 0. The topological polar surface area (TPSA) is 21.3 Å². The Morgan fingerprint density at radius 3 is 2.61 bits per heavy atom. The predicted molar refractivity (Wildman–Crippen MR) is 69.0 cm³/mol. The first-order chi connectivity index (χ1) is 8.67. The van der Waals surface area contributed by atoms with Gasteiger partial charge in [-0.2, -0.15) is 8.78 Å². The fourth-order valence-corrected chi connectivity index (χ4v) is 1.90. The van der Waals surface area contributed by atoms with E-state index in [9.17, 15) is 8.78 Å². The monoisotopic (exact) mass is 257 g/mol. The van der Waals surface area contributed by atoms with Crippen LogP contribution >= 0.6 is 0 Å². The van der Waals surface area contributed by atoms with E-state index < -0.39 is 6.61 Å². The normalized spacial score (nSPS) is 12.7. The number of nitrogens with one attached hydrogen (secondary N) is 1. The largest absolute Gasteiger partial charge is 0.435 e. The summed E-state index contributed by atoms with van der Waals surface area (Å²) < 4.78 is 28.8. The molecule has 1 aromatic carbocycles. The van der Waals surface area contributed by atoms with Gasteiger partial charge < -0.3 is 10.1 Å². The van der Waals surface area contributed by atoms with Gasteiger partial charge in [-0.25, -0.2) is 0 Å². The summed E-state index contributed by atoms with van der Waals surface area (Å²) in [6, 6.07) is 7.15. The Labute approximate surface area is 107 Å². The smallest absolute Gasteiger partial charge is 0.387 e. The highest BCUT2D eigenvalue weighted by molar-refractivity contribution is 5.30. The first-order valence-corrected chi connectivity index (χ1v) is 6.45. The molecule has 0 aliphatic heterocycles. The average Bonchev–Trinajstić information content (AvgIpc) is 2.34. The van der Waals surface area contributed by atoms with Crippen LogP contribution in [-0.4, -0.2) is 13.2 Å². The van der Waals surface area contributed by atoms with E-state index in [4.69, 9.17) is 0 Å². The van der Waals surface area contributed by atoms with Gasteiger partial charge in [-0.05, 0) is 37.1 Å². The van der Waals surface area contributed by atoms with E-state index in [1.54, 1.807) is 18.2 Å². The summed E-state index contributed by atoms with van der Waals surface area (Å²) in [6.07, 6.45) is 3.08. The molecule has 0 saturated heterocycles. The van der Waals surface area contributed by atoms with Gasteiger partial charge in [0.15, 0.2) is 0 Å². The molecule has 0 aliphatic rings. The van der Waals surface area contributed by atoms with E-state index in [0.717, 1.165) is 31.4 Å². The van der Waals surface area contributed by atoms with E-state index >= 15 is 0 Å². The van der Waals surface area contributed by atoms with Gasteiger partial charge >= 0.3 is 6.61 Å². The molecule has 0 saturated carbocycles. The third-order valence-corrected chi connectivity index (χ3v) is 2.70. The van der Waals surface area contributed by atoms with Gasteiger partial charge in [0.1, 0.15) is 5.75 Å². The molecule has 0 radical (unpaired) electrons. The van der Waals surface area contributed by atoms with Crippen molar-refractivity contribution in [3.63, 3.8) is 0 Å². The Morgan fingerprint density at radius 1 is 1.22 bits per heavy atom. The molecule has 4 heteroatoms. The third kappa shape index (κ3) is 5.00. The van der Waals surface area contributed by atoms with E-state index in [-0.39, 0.29) is 11.8 Å². The van der Waals surface area contributed by atoms with Crippen LogP contribution in [0.2, 0.25) is 0 Å². The van der Waals surface area contributed by atoms with Gasteiger partial charge in [-0.1, -0.05) is 32.4 Å². The Morgan fingerprint density at radius 2 is 2.00 bits per heavy atom. The highest BCUT2D eigenvalue weighted by Crippen LogP contribution is 2.23. The molecule has 0 aliphatic carbocycles. The van der Waals surface area contributed by atoms with Crippen LogP contribution in [0.4, 0.5) is 8.78 Å². The minimum absolute atomic E-state index is 0.205. The van der Waals surface area contributed by atoms with Crippen LogP contribution in [0.15, 0.2) is 24.3 Å². The lowest BCUT2D eigenvalue weighted by Gasteiger charge is -2.19. The second-order valence-electron chi connectivity index (χ2n) is 4.25. The van der Waals surface area contributed by atoms with Crippen LogP contribution < -0.4 is 10.1 Å². The molecular formula is C14H21F2NO. The molecule has 1 aromatic rings. The summed E-state index contributed by atoms with van der Waals surface area (Å²) in [7, 11) is 0. The number of alkyl halides is 2. The second-order valence-corrected chi connectivity index (χ2v) is 4.25. The number of hydrogen-bond acceptors (Lipinski definition) is 2. The summed E-state index contributed by atoms with van der Waals surface area (Å²) in [6.45, 7) is 2.37. The van der Waals surface area contributed by atoms with E-state index in [2.05, 4.69) is 23.9 Å². The standard InChI is InChI=1S/C14H21F2NO/c1-3-6-13(17-9-4-2)11-7-5-8-12(10-11)18-14(15)16/h5,7-8,10,13-14,17H,3-4,6,9H2,1-2H3.